The van der Waals surface area contributed by atoms with Crippen LogP contribution in [-0.2, 0) is 10.0 Å². The molecule has 0 radical (unpaired) electrons. The van der Waals surface area contributed by atoms with Gasteiger partial charge in [0.1, 0.15) is 5.84 Å². The molecule has 0 aliphatic carbocycles. The van der Waals surface area contributed by atoms with E-state index in [1.54, 1.807) is 25.1 Å². The number of rotatable bonds is 3. The molecular formula is C13H19N3O3S. The van der Waals surface area contributed by atoms with Gasteiger partial charge in [-0.25, -0.2) is 8.42 Å². The highest BCUT2D eigenvalue weighted by Crippen LogP contribution is 2.25. The Labute approximate surface area is 118 Å². The minimum Gasteiger partial charge on any atom is -0.409 e. The molecule has 7 heteroatoms. The number of hydrogen-bond acceptors (Lipinski definition) is 4. The predicted molar refractivity (Wildman–Crippen MR) is 76.1 cm³/mol. The summed E-state index contributed by atoms with van der Waals surface area (Å²) in [6.45, 7) is 2.50. The Morgan fingerprint density at radius 3 is 2.80 bits per heavy atom. The van der Waals surface area contributed by atoms with Crippen molar-refractivity contribution in [2.45, 2.75) is 24.7 Å². The topological polar surface area (TPSA) is 96.0 Å². The zero-order chi connectivity index (χ0) is 14.8. The molecule has 0 spiro atoms. The summed E-state index contributed by atoms with van der Waals surface area (Å²) >= 11 is 0. The van der Waals surface area contributed by atoms with Gasteiger partial charge in [-0.2, -0.15) is 4.31 Å². The fourth-order valence-corrected chi connectivity index (χ4v) is 4.22. The summed E-state index contributed by atoms with van der Waals surface area (Å²) in [6, 6.07) is 6.91. The number of hydrogen-bond donors (Lipinski definition) is 2. The molecule has 20 heavy (non-hydrogen) atoms. The minimum absolute atomic E-state index is 0.0923. The van der Waals surface area contributed by atoms with Crippen molar-refractivity contribution >= 4 is 15.9 Å². The highest BCUT2D eigenvalue weighted by molar-refractivity contribution is 7.89. The van der Waals surface area contributed by atoms with Crippen molar-refractivity contribution in [2.24, 2.45) is 16.8 Å². The molecule has 0 bridgehead atoms. The van der Waals surface area contributed by atoms with Crippen LogP contribution in [0.5, 0.6) is 0 Å². The first-order valence-corrected chi connectivity index (χ1v) is 7.94. The summed E-state index contributed by atoms with van der Waals surface area (Å²) in [5, 5.41) is 11.7. The molecule has 2 rings (SSSR count). The Morgan fingerprint density at radius 2 is 2.15 bits per heavy atom. The molecule has 1 heterocycles. The lowest BCUT2D eigenvalue weighted by atomic mass is 9.99. The van der Waals surface area contributed by atoms with Crippen molar-refractivity contribution < 1.29 is 13.6 Å². The summed E-state index contributed by atoms with van der Waals surface area (Å²) in [4.78, 5) is 0.320. The third-order valence-corrected chi connectivity index (χ3v) is 5.65. The number of piperidine rings is 1. The average molecular weight is 297 g/mol. The largest absolute Gasteiger partial charge is 0.409 e. The van der Waals surface area contributed by atoms with E-state index >= 15 is 0 Å². The van der Waals surface area contributed by atoms with Gasteiger partial charge in [-0.05, 0) is 31.4 Å². The number of oxime groups is 1. The number of aryl methyl sites for hydroxylation is 1. The maximum absolute atomic E-state index is 12.6. The fraction of sp³-hybridized carbons (Fsp3) is 0.462. The van der Waals surface area contributed by atoms with E-state index in [9.17, 15) is 8.42 Å². The molecule has 1 aromatic rings. The number of benzene rings is 1. The van der Waals surface area contributed by atoms with E-state index in [1.807, 2.05) is 6.07 Å². The molecule has 1 aromatic carbocycles. The highest BCUT2D eigenvalue weighted by Gasteiger charge is 2.32. The smallest absolute Gasteiger partial charge is 0.243 e. The van der Waals surface area contributed by atoms with Gasteiger partial charge in [-0.3, -0.25) is 0 Å². The predicted octanol–water partition coefficient (Wildman–Crippen LogP) is 1.14. The van der Waals surface area contributed by atoms with Crippen LogP contribution in [-0.4, -0.2) is 36.9 Å². The molecule has 110 valence electrons. The highest BCUT2D eigenvalue weighted by atomic mass is 32.2. The molecule has 1 aliphatic rings. The second-order valence-electron chi connectivity index (χ2n) is 4.99. The van der Waals surface area contributed by atoms with Crippen LogP contribution in [0, 0.1) is 12.8 Å². The Kier molecular flexibility index (Phi) is 4.29. The third kappa shape index (κ3) is 2.78. The zero-order valence-corrected chi connectivity index (χ0v) is 12.2. The molecule has 6 nitrogen and oxygen atoms in total. The van der Waals surface area contributed by atoms with Crippen LogP contribution >= 0.6 is 0 Å². The standard InChI is InChI=1S/C13H19N3O3S/c1-10-5-2-3-7-12(10)20(18,19)16-8-4-6-11(9-16)13(14)15-17/h2-3,5,7,11,17H,4,6,8-9H2,1H3,(H2,14,15). The number of nitrogens with two attached hydrogens (primary N) is 1. The summed E-state index contributed by atoms with van der Waals surface area (Å²) < 4.78 is 26.7. The van der Waals surface area contributed by atoms with Gasteiger partial charge in [0.2, 0.25) is 10.0 Å². The molecule has 1 unspecified atom stereocenters. The normalized spacial score (nSPS) is 21.9. The van der Waals surface area contributed by atoms with E-state index < -0.39 is 10.0 Å². The lowest BCUT2D eigenvalue weighted by Crippen LogP contribution is -2.44. The van der Waals surface area contributed by atoms with E-state index in [0.717, 1.165) is 12.0 Å². The van der Waals surface area contributed by atoms with Crippen LogP contribution in [0.3, 0.4) is 0 Å². The molecule has 1 saturated heterocycles. The first-order valence-electron chi connectivity index (χ1n) is 6.50. The molecular weight excluding hydrogens is 278 g/mol. The molecule has 0 amide bonds. The van der Waals surface area contributed by atoms with Gasteiger partial charge in [0.15, 0.2) is 0 Å². The maximum Gasteiger partial charge on any atom is 0.243 e. The number of nitrogens with zero attached hydrogens (tertiary/aromatic N) is 2. The Bertz CT molecular complexity index is 613. The van der Waals surface area contributed by atoms with E-state index in [4.69, 9.17) is 10.9 Å². The maximum atomic E-state index is 12.6. The van der Waals surface area contributed by atoms with Crippen LogP contribution < -0.4 is 5.73 Å². The van der Waals surface area contributed by atoms with E-state index in [-0.39, 0.29) is 18.3 Å². The monoisotopic (exact) mass is 297 g/mol. The molecule has 0 aromatic heterocycles. The minimum atomic E-state index is -3.53. The van der Waals surface area contributed by atoms with Crippen molar-refractivity contribution in [3.8, 4) is 0 Å². The first-order chi connectivity index (χ1) is 9.46. The van der Waals surface area contributed by atoms with Gasteiger partial charge in [0, 0.05) is 19.0 Å². The Balaban J connectivity index is 2.29. The quantitative estimate of drug-likeness (QED) is 0.378. The zero-order valence-electron chi connectivity index (χ0n) is 11.4. The van der Waals surface area contributed by atoms with E-state index in [1.165, 1.54) is 4.31 Å². The van der Waals surface area contributed by atoms with Crippen molar-refractivity contribution in [2.75, 3.05) is 13.1 Å². The van der Waals surface area contributed by atoms with E-state index in [0.29, 0.717) is 17.9 Å². The van der Waals surface area contributed by atoms with Crippen LogP contribution in [0.25, 0.3) is 0 Å². The lowest BCUT2D eigenvalue weighted by Gasteiger charge is -2.31. The van der Waals surface area contributed by atoms with Crippen LogP contribution in [0.15, 0.2) is 34.3 Å². The van der Waals surface area contributed by atoms with Crippen molar-refractivity contribution in [3.63, 3.8) is 0 Å². The Hall–Kier alpha value is -1.60. The van der Waals surface area contributed by atoms with Crippen molar-refractivity contribution in [3.05, 3.63) is 29.8 Å². The molecule has 1 aliphatic heterocycles. The molecule has 0 saturated carbocycles. The lowest BCUT2D eigenvalue weighted by molar-refractivity contribution is 0.287. The Morgan fingerprint density at radius 1 is 1.45 bits per heavy atom. The van der Waals surface area contributed by atoms with Crippen LogP contribution in [0.2, 0.25) is 0 Å². The summed E-state index contributed by atoms with van der Waals surface area (Å²) in [7, 11) is -3.53. The molecule has 1 atom stereocenters. The van der Waals surface area contributed by atoms with Crippen LogP contribution in [0.1, 0.15) is 18.4 Å². The summed E-state index contributed by atoms with van der Waals surface area (Å²) in [5.74, 6) is -0.137. The summed E-state index contributed by atoms with van der Waals surface area (Å²) in [5.41, 5.74) is 6.32. The second kappa shape index (κ2) is 5.80. The van der Waals surface area contributed by atoms with Crippen LogP contribution in [0.4, 0.5) is 0 Å². The SMILES string of the molecule is Cc1ccccc1S(=O)(=O)N1CCCC(C(N)=NO)C1. The van der Waals surface area contributed by atoms with Gasteiger partial charge < -0.3 is 10.9 Å². The molecule has 1 fully saturated rings. The fourth-order valence-electron chi connectivity index (χ4n) is 2.47. The van der Waals surface area contributed by atoms with Gasteiger partial charge in [-0.1, -0.05) is 23.4 Å². The summed E-state index contributed by atoms with van der Waals surface area (Å²) in [6.07, 6.45) is 1.43. The van der Waals surface area contributed by atoms with Gasteiger partial charge in [-0.15, -0.1) is 0 Å². The third-order valence-electron chi connectivity index (χ3n) is 3.63. The van der Waals surface area contributed by atoms with Gasteiger partial charge >= 0.3 is 0 Å². The first kappa shape index (κ1) is 14.8. The second-order valence-corrected chi connectivity index (χ2v) is 6.90. The van der Waals surface area contributed by atoms with Crippen molar-refractivity contribution in [1.29, 1.82) is 0 Å². The average Bonchev–Trinajstić information content (AvgIpc) is 2.47. The van der Waals surface area contributed by atoms with E-state index in [2.05, 4.69) is 5.16 Å². The van der Waals surface area contributed by atoms with Crippen molar-refractivity contribution in [1.82, 2.24) is 4.31 Å². The van der Waals surface area contributed by atoms with Gasteiger partial charge in [0.25, 0.3) is 0 Å². The van der Waals surface area contributed by atoms with Gasteiger partial charge in [0.05, 0.1) is 4.90 Å². The number of amidine groups is 1. The number of sulfonamides is 1. The molecule has 3 N–H and O–H groups in total.